The monoisotopic (exact) mass is 286 g/mol. The summed E-state index contributed by atoms with van der Waals surface area (Å²) in [4.78, 5) is 2.32. The standard InChI is InChI=1S/C14H20Cl2N2/c1-8-4-9(2)10(3)18(7-8)14-12(15)5-11(17)6-13(14)16/h5-6,8-10H,4,7,17H2,1-3H3. The highest BCUT2D eigenvalue weighted by molar-refractivity contribution is 6.39. The van der Waals surface area contributed by atoms with Crippen molar-refractivity contribution in [3.63, 3.8) is 0 Å². The molecule has 1 aromatic carbocycles. The molecule has 1 fully saturated rings. The summed E-state index contributed by atoms with van der Waals surface area (Å²) in [6.07, 6.45) is 1.25. The lowest BCUT2D eigenvalue weighted by Crippen LogP contribution is -2.46. The summed E-state index contributed by atoms with van der Waals surface area (Å²) in [6, 6.07) is 4.00. The SMILES string of the molecule is CC1CC(C)C(C)N(c2c(Cl)cc(N)cc2Cl)C1. The molecule has 0 spiro atoms. The van der Waals surface area contributed by atoms with E-state index in [0.29, 0.717) is 33.6 Å². The second-order valence-corrected chi connectivity index (χ2v) is 6.36. The van der Waals surface area contributed by atoms with E-state index in [1.807, 2.05) is 0 Å². The Morgan fingerprint density at radius 1 is 1.17 bits per heavy atom. The van der Waals surface area contributed by atoms with E-state index in [0.717, 1.165) is 12.2 Å². The zero-order valence-corrected chi connectivity index (χ0v) is 12.6. The van der Waals surface area contributed by atoms with Crippen LogP contribution in [-0.4, -0.2) is 12.6 Å². The Morgan fingerprint density at radius 2 is 1.72 bits per heavy atom. The van der Waals surface area contributed by atoms with Gasteiger partial charge < -0.3 is 10.6 Å². The molecule has 2 rings (SSSR count). The van der Waals surface area contributed by atoms with E-state index in [4.69, 9.17) is 28.9 Å². The molecule has 1 aromatic rings. The van der Waals surface area contributed by atoms with E-state index in [1.165, 1.54) is 6.42 Å². The van der Waals surface area contributed by atoms with Gasteiger partial charge in [0, 0.05) is 18.3 Å². The van der Waals surface area contributed by atoms with E-state index in [2.05, 4.69) is 25.7 Å². The molecule has 0 saturated carbocycles. The molecule has 0 radical (unpaired) electrons. The molecule has 0 amide bonds. The Hall–Kier alpha value is -0.600. The van der Waals surface area contributed by atoms with Crippen LogP contribution in [0.5, 0.6) is 0 Å². The lowest BCUT2D eigenvalue weighted by atomic mass is 9.85. The van der Waals surface area contributed by atoms with Crippen LogP contribution in [0.4, 0.5) is 11.4 Å². The van der Waals surface area contributed by atoms with E-state index in [9.17, 15) is 0 Å². The average Bonchev–Trinajstić information content (AvgIpc) is 2.23. The molecule has 18 heavy (non-hydrogen) atoms. The van der Waals surface area contributed by atoms with E-state index in [1.54, 1.807) is 12.1 Å². The van der Waals surface area contributed by atoms with Gasteiger partial charge in [0.15, 0.2) is 0 Å². The topological polar surface area (TPSA) is 29.3 Å². The molecule has 0 aliphatic carbocycles. The normalized spacial score (nSPS) is 28.5. The average molecular weight is 287 g/mol. The number of anilines is 2. The number of halogens is 2. The molecule has 2 N–H and O–H groups in total. The van der Waals surface area contributed by atoms with Gasteiger partial charge >= 0.3 is 0 Å². The van der Waals surface area contributed by atoms with Crippen molar-refractivity contribution in [1.82, 2.24) is 0 Å². The van der Waals surface area contributed by atoms with Crippen LogP contribution in [0, 0.1) is 11.8 Å². The third-order valence-corrected chi connectivity index (χ3v) is 4.50. The molecule has 1 heterocycles. The van der Waals surface area contributed by atoms with E-state index < -0.39 is 0 Å². The van der Waals surface area contributed by atoms with Gasteiger partial charge in [-0.3, -0.25) is 0 Å². The fourth-order valence-corrected chi connectivity index (χ4v) is 3.59. The molecule has 1 aliphatic rings. The van der Waals surface area contributed by atoms with Crippen LogP contribution >= 0.6 is 23.2 Å². The van der Waals surface area contributed by atoms with Gasteiger partial charge in [-0.25, -0.2) is 0 Å². The smallest absolute Gasteiger partial charge is 0.0749 e. The molecule has 100 valence electrons. The van der Waals surface area contributed by atoms with Crippen molar-refractivity contribution < 1.29 is 0 Å². The first-order valence-corrected chi connectivity index (χ1v) is 7.17. The molecule has 0 bridgehead atoms. The van der Waals surface area contributed by atoms with E-state index in [-0.39, 0.29) is 0 Å². The lowest BCUT2D eigenvalue weighted by molar-refractivity contribution is 0.297. The van der Waals surface area contributed by atoms with Crippen LogP contribution in [0.2, 0.25) is 10.0 Å². The highest BCUT2D eigenvalue weighted by Crippen LogP contribution is 2.40. The second kappa shape index (κ2) is 5.18. The quantitative estimate of drug-likeness (QED) is 0.773. The first-order valence-electron chi connectivity index (χ1n) is 6.41. The predicted molar refractivity (Wildman–Crippen MR) is 80.6 cm³/mol. The summed E-state index contributed by atoms with van der Waals surface area (Å²) in [7, 11) is 0. The minimum atomic E-state index is 0.444. The van der Waals surface area contributed by atoms with Crippen molar-refractivity contribution in [2.45, 2.75) is 33.2 Å². The molecule has 3 atom stereocenters. The van der Waals surface area contributed by atoms with Crippen LogP contribution < -0.4 is 10.6 Å². The van der Waals surface area contributed by atoms with Gasteiger partial charge in [-0.15, -0.1) is 0 Å². The number of nitrogen functional groups attached to an aromatic ring is 1. The van der Waals surface area contributed by atoms with Gasteiger partial charge in [0.1, 0.15) is 0 Å². The summed E-state index contributed by atoms with van der Waals surface area (Å²) in [5.41, 5.74) is 7.30. The molecule has 3 unspecified atom stereocenters. The number of rotatable bonds is 1. The van der Waals surface area contributed by atoms with E-state index >= 15 is 0 Å². The second-order valence-electron chi connectivity index (χ2n) is 5.54. The molecule has 1 aliphatic heterocycles. The van der Waals surface area contributed by atoms with Gasteiger partial charge in [0.05, 0.1) is 15.7 Å². The molecule has 0 aromatic heterocycles. The number of hydrogen-bond donors (Lipinski definition) is 1. The summed E-state index contributed by atoms with van der Waals surface area (Å²) >= 11 is 12.6. The summed E-state index contributed by atoms with van der Waals surface area (Å²) < 4.78 is 0. The largest absolute Gasteiger partial charge is 0.399 e. The highest BCUT2D eigenvalue weighted by Gasteiger charge is 2.31. The Kier molecular flexibility index (Phi) is 3.98. The Bertz CT molecular complexity index is 424. The van der Waals surface area contributed by atoms with Crippen molar-refractivity contribution in [2.75, 3.05) is 17.2 Å². The van der Waals surface area contributed by atoms with Gasteiger partial charge in [-0.1, -0.05) is 37.0 Å². The van der Waals surface area contributed by atoms with Crippen molar-refractivity contribution >= 4 is 34.6 Å². The summed E-state index contributed by atoms with van der Waals surface area (Å²) in [6.45, 7) is 7.79. The zero-order valence-electron chi connectivity index (χ0n) is 11.1. The van der Waals surface area contributed by atoms with Gasteiger partial charge in [-0.2, -0.15) is 0 Å². The first-order chi connectivity index (χ1) is 8.40. The van der Waals surface area contributed by atoms with Gasteiger partial charge in [0.25, 0.3) is 0 Å². The number of nitrogens with zero attached hydrogens (tertiary/aromatic N) is 1. The number of piperidine rings is 1. The molecule has 1 saturated heterocycles. The van der Waals surface area contributed by atoms with Crippen molar-refractivity contribution in [3.8, 4) is 0 Å². The van der Waals surface area contributed by atoms with Gasteiger partial charge in [0.2, 0.25) is 0 Å². The minimum absolute atomic E-state index is 0.444. The Morgan fingerprint density at radius 3 is 2.28 bits per heavy atom. The fraction of sp³-hybridized carbons (Fsp3) is 0.571. The number of hydrogen-bond acceptors (Lipinski definition) is 2. The van der Waals surface area contributed by atoms with Crippen LogP contribution in [0.3, 0.4) is 0 Å². The summed E-state index contributed by atoms with van der Waals surface area (Å²) in [5, 5.41) is 1.29. The van der Waals surface area contributed by atoms with Crippen LogP contribution in [0.15, 0.2) is 12.1 Å². The molecular weight excluding hydrogens is 267 g/mol. The van der Waals surface area contributed by atoms with Crippen molar-refractivity contribution in [1.29, 1.82) is 0 Å². The van der Waals surface area contributed by atoms with Crippen LogP contribution in [-0.2, 0) is 0 Å². The zero-order chi connectivity index (χ0) is 13.4. The lowest BCUT2D eigenvalue weighted by Gasteiger charge is -2.43. The summed E-state index contributed by atoms with van der Waals surface area (Å²) in [5.74, 6) is 1.29. The van der Waals surface area contributed by atoms with Crippen LogP contribution in [0.25, 0.3) is 0 Å². The van der Waals surface area contributed by atoms with Crippen LogP contribution in [0.1, 0.15) is 27.2 Å². The highest BCUT2D eigenvalue weighted by atomic mass is 35.5. The number of benzene rings is 1. The number of nitrogens with two attached hydrogens (primary N) is 1. The van der Waals surface area contributed by atoms with Gasteiger partial charge in [-0.05, 0) is 37.3 Å². The minimum Gasteiger partial charge on any atom is -0.399 e. The Labute approximate surface area is 119 Å². The van der Waals surface area contributed by atoms with Crippen molar-refractivity contribution in [3.05, 3.63) is 22.2 Å². The van der Waals surface area contributed by atoms with Crippen molar-refractivity contribution in [2.24, 2.45) is 11.8 Å². The molecule has 4 heteroatoms. The molecular formula is C14H20Cl2N2. The third-order valence-electron chi connectivity index (χ3n) is 3.92. The fourth-order valence-electron chi connectivity index (χ4n) is 2.87. The Balaban J connectivity index is 2.41. The maximum Gasteiger partial charge on any atom is 0.0749 e. The first kappa shape index (κ1) is 13.8. The maximum absolute atomic E-state index is 6.32. The molecule has 2 nitrogen and oxygen atoms in total. The third kappa shape index (κ3) is 2.55. The predicted octanol–water partition coefficient (Wildman–Crippen LogP) is 4.45. The maximum atomic E-state index is 6.32.